The number of rotatable bonds is 13. The van der Waals surface area contributed by atoms with Crippen LogP contribution in [0, 0.1) is 11.8 Å². The van der Waals surface area contributed by atoms with Crippen LogP contribution in [-0.4, -0.2) is 94.6 Å². The summed E-state index contributed by atoms with van der Waals surface area (Å²) < 4.78 is 0. The zero-order valence-corrected chi connectivity index (χ0v) is 23.1. The number of nitrogens with two attached hydrogens (primary N) is 2. The summed E-state index contributed by atoms with van der Waals surface area (Å²) in [5.74, 6) is -1.19. The van der Waals surface area contributed by atoms with E-state index in [-0.39, 0.29) is 43.8 Å². The molecule has 0 aromatic heterocycles. The van der Waals surface area contributed by atoms with Gasteiger partial charge in [0.2, 0.25) is 29.5 Å². The molecule has 2 rings (SSSR count). The number of carbonyl (C=O) groups excluding carboxylic acids is 5. The first kappa shape index (κ1) is 30.5. The Bertz CT molecular complexity index is 847. The lowest BCUT2D eigenvalue weighted by Crippen LogP contribution is -2.66. The summed E-state index contributed by atoms with van der Waals surface area (Å²) >= 11 is 0. The van der Waals surface area contributed by atoms with Crippen LogP contribution in [0.3, 0.4) is 0 Å². The monoisotopic (exact) mass is 522 g/mol. The molecular weight excluding hydrogens is 476 g/mol. The van der Waals surface area contributed by atoms with Crippen molar-refractivity contribution >= 4 is 29.5 Å². The van der Waals surface area contributed by atoms with Crippen LogP contribution in [0.25, 0.3) is 0 Å². The van der Waals surface area contributed by atoms with Gasteiger partial charge in [-0.3, -0.25) is 24.0 Å². The summed E-state index contributed by atoms with van der Waals surface area (Å²) in [5.41, 5.74) is 10.7. The molecule has 0 aromatic carbocycles. The van der Waals surface area contributed by atoms with E-state index in [0.717, 1.165) is 12.8 Å². The van der Waals surface area contributed by atoms with E-state index in [9.17, 15) is 24.0 Å². The number of nitrogens with zero attached hydrogens (tertiary/aromatic N) is 3. The van der Waals surface area contributed by atoms with Crippen molar-refractivity contribution in [2.45, 2.75) is 97.3 Å². The van der Waals surface area contributed by atoms with Crippen LogP contribution in [0.1, 0.15) is 73.1 Å². The standard InChI is InChI=1S/C26H46N6O5/c1-16(2)6-8-19-25(36)31(13-12-29-19)21(9-7-17(3)4)26(37)30-14-15-32(24(35)18(30)5)20(23(28)34)10-11-22(27)33/h16-21,29H,6-15H2,1-5H3,(H2,27,33)(H2,28,34). The third kappa shape index (κ3) is 8.15. The fourth-order valence-corrected chi connectivity index (χ4v) is 5.12. The van der Waals surface area contributed by atoms with Gasteiger partial charge in [0.25, 0.3) is 0 Å². The maximum Gasteiger partial charge on any atom is 0.246 e. The van der Waals surface area contributed by atoms with Gasteiger partial charge in [-0.2, -0.15) is 0 Å². The molecule has 2 heterocycles. The molecule has 0 bridgehead atoms. The van der Waals surface area contributed by atoms with Crippen LogP contribution in [-0.2, 0) is 24.0 Å². The Kier molecular flexibility index (Phi) is 11.3. The van der Waals surface area contributed by atoms with Gasteiger partial charge in [0, 0.05) is 32.6 Å². The highest BCUT2D eigenvalue weighted by atomic mass is 16.2. The van der Waals surface area contributed by atoms with Gasteiger partial charge in [0.05, 0.1) is 6.04 Å². The fourth-order valence-electron chi connectivity index (χ4n) is 5.12. The number of hydrogen-bond acceptors (Lipinski definition) is 6. The third-order valence-corrected chi connectivity index (χ3v) is 7.38. The average molecular weight is 523 g/mol. The largest absolute Gasteiger partial charge is 0.370 e. The number of carbonyl (C=O) groups is 5. The van der Waals surface area contributed by atoms with E-state index in [1.54, 1.807) is 11.8 Å². The van der Waals surface area contributed by atoms with Crippen LogP contribution in [0.4, 0.5) is 0 Å². The molecule has 210 valence electrons. The van der Waals surface area contributed by atoms with Crippen molar-refractivity contribution in [3.05, 3.63) is 0 Å². The highest BCUT2D eigenvalue weighted by Gasteiger charge is 2.43. The zero-order chi connectivity index (χ0) is 27.9. The molecule has 0 aromatic rings. The zero-order valence-electron chi connectivity index (χ0n) is 23.1. The molecular formula is C26H46N6O5. The molecule has 2 saturated heterocycles. The van der Waals surface area contributed by atoms with Crippen LogP contribution in [0.15, 0.2) is 0 Å². The topological polar surface area (TPSA) is 159 Å². The maximum atomic E-state index is 13.9. The Balaban J connectivity index is 2.22. The summed E-state index contributed by atoms with van der Waals surface area (Å²) in [6.07, 6.45) is 2.87. The minimum atomic E-state index is -0.965. The number of amides is 5. The lowest BCUT2D eigenvalue weighted by molar-refractivity contribution is -0.160. The van der Waals surface area contributed by atoms with E-state index in [2.05, 4.69) is 33.0 Å². The second-order valence-electron chi connectivity index (χ2n) is 11.2. The maximum absolute atomic E-state index is 13.9. The molecule has 0 saturated carbocycles. The van der Waals surface area contributed by atoms with Crippen molar-refractivity contribution < 1.29 is 24.0 Å². The van der Waals surface area contributed by atoms with E-state index >= 15 is 0 Å². The first-order valence-electron chi connectivity index (χ1n) is 13.6. The molecule has 11 nitrogen and oxygen atoms in total. The summed E-state index contributed by atoms with van der Waals surface area (Å²) in [7, 11) is 0. The second-order valence-corrected chi connectivity index (χ2v) is 11.2. The molecule has 11 heteroatoms. The van der Waals surface area contributed by atoms with Gasteiger partial charge in [-0.25, -0.2) is 0 Å². The van der Waals surface area contributed by atoms with E-state index in [1.807, 2.05) is 0 Å². The number of primary amides is 2. The summed E-state index contributed by atoms with van der Waals surface area (Å²) in [6, 6.07) is -2.76. The van der Waals surface area contributed by atoms with Crippen LogP contribution >= 0.6 is 0 Å². The molecule has 5 N–H and O–H groups in total. The van der Waals surface area contributed by atoms with Crippen molar-refractivity contribution in [2.75, 3.05) is 26.2 Å². The number of piperazine rings is 2. The van der Waals surface area contributed by atoms with Crippen molar-refractivity contribution in [3.63, 3.8) is 0 Å². The van der Waals surface area contributed by atoms with Crippen molar-refractivity contribution in [1.29, 1.82) is 0 Å². The van der Waals surface area contributed by atoms with Crippen LogP contribution < -0.4 is 16.8 Å². The first-order valence-corrected chi connectivity index (χ1v) is 13.6. The fraction of sp³-hybridized carbons (Fsp3) is 0.808. The van der Waals surface area contributed by atoms with Crippen molar-refractivity contribution in [2.24, 2.45) is 23.3 Å². The second kappa shape index (κ2) is 13.7. The number of hydrogen-bond donors (Lipinski definition) is 3. The third-order valence-electron chi connectivity index (χ3n) is 7.38. The molecule has 4 unspecified atom stereocenters. The molecule has 2 aliphatic heterocycles. The minimum Gasteiger partial charge on any atom is -0.370 e. The number of nitrogens with one attached hydrogen (secondary N) is 1. The smallest absolute Gasteiger partial charge is 0.246 e. The molecule has 37 heavy (non-hydrogen) atoms. The van der Waals surface area contributed by atoms with E-state index in [1.165, 1.54) is 9.80 Å². The predicted octanol–water partition coefficient (Wildman–Crippen LogP) is 0.207. The van der Waals surface area contributed by atoms with Gasteiger partial charge in [-0.15, -0.1) is 0 Å². The molecule has 2 aliphatic rings. The van der Waals surface area contributed by atoms with E-state index in [4.69, 9.17) is 11.5 Å². The Morgan fingerprint density at radius 3 is 2.05 bits per heavy atom. The molecule has 0 radical (unpaired) electrons. The summed E-state index contributed by atoms with van der Waals surface area (Å²) in [4.78, 5) is 68.5. The Labute approximate surface area is 220 Å². The quantitative estimate of drug-likeness (QED) is 0.313. The normalized spacial score (nSPS) is 22.5. The van der Waals surface area contributed by atoms with Gasteiger partial charge in [-0.05, 0) is 50.9 Å². The first-order chi connectivity index (χ1) is 17.3. The Hall–Kier alpha value is -2.69. The lowest BCUT2D eigenvalue weighted by atomic mass is 9.96. The van der Waals surface area contributed by atoms with Crippen molar-refractivity contribution in [1.82, 2.24) is 20.0 Å². The lowest BCUT2D eigenvalue weighted by Gasteiger charge is -2.45. The molecule has 0 aliphatic carbocycles. The molecule has 0 spiro atoms. The highest BCUT2D eigenvalue weighted by molar-refractivity contribution is 5.95. The molecule has 5 amide bonds. The predicted molar refractivity (Wildman–Crippen MR) is 140 cm³/mol. The van der Waals surface area contributed by atoms with E-state index < -0.39 is 35.8 Å². The van der Waals surface area contributed by atoms with Gasteiger partial charge in [0.15, 0.2) is 0 Å². The summed E-state index contributed by atoms with van der Waals surface area (Å²) in [5, 5.41) is 3.30. The van der Waals surface area contributed by atoms with E-state index in [0.29, 0.717) is 37.8 Å². The van der Waals surface area contributed by atoms with Crippen LogP contribution in [0.5, 0.6) is 0 Å². The van der Waals surface area contributed by atoms with Gasteiger partial charge < -0.3 is 31.5 Å². The van der Waals surface area contributed by atoms with Crippen LogP contribution in [0.2, 0.25) is 0 Å². The SMILES string of the molecule is CC(C)CCC1NCCN(C(CCC(C)C)C(=O)N2CCN(C(CCC(N)=O)C(N)=O)C(=O)C2C)C1=O. The summed E-state index contributed by atoms with van der Waals surface area (Å²) in [6.45, 7) is 11.4. The average Bonchev–Trinajstić information content (AvgIpc) is 2.81. The minimum absolute atomic E-state index is 0.0428. The van der Waals surface area contributed by atoms with Crippen molar-refractivity contribution in [3.8, 4) is 0 Å². The van der Waals surface area contributed by atoms with Gasteiger partial charge in [0.1, 0.15) is 18.1 Å². The Morgan fingerprint density at radius 2 is 1.49 bits per heavy atom. The van der Waals surface area contributed by atoms with Gasteiger partial charge in [-0.1, -0.05) is 27.7 Å². The highest BCUT2D eigenvalue weighted by Crippen LogP contribution is 2.23. The molecule has 4 atom stereocenters. The molecule has 2 fully saturated rings. The van der Waals surface area contributed by atoms with Gasteiger partial charge >= 0.3 is 0 Å². The Morgan fingerprint density at radius 1 is 0.865 bits per heavy atom.